The van der Waals surface area contributed by atoms with Crippen LogP contribution in [-0.2, 0) is 25.4 Å². The highest BCUT2D eigenvalue weighted by Crippen LogP contribution is 2.10. The maximum absolute atomic E-state index is 11.5. The molecule has 0 saturated carbocycles. The molecule has 0 amide bonds. The Kier molecular flexibility index (Phi) is 5.44. The van der Waals surface area contributed by atoms with Gasteiger partial charge in [0.2, 0.25) is 0 Å². The van der Waals surface area contributed by atoms with Gasteiger partial charge in [-0.1, -0.05) is 13.8 Å². The Labute approximate surface area is 92.2 Å². The molecule has 0 rings (SSSR count). The predicted molar refractivity (Wildman–Crippen MR) is 59.0 cm³/mol. The number of carboxylic acids is 1. The van der Waals surface area contributed by atoms with Crippen LogP contribution in [0.3, 0.4) is 0 Å². The van der Waals surface area contributed by atoms with Gasteiger partial charge in [0, 0.05) is 22.8 Å². The summed E-state index contributed by atoms with van der Waals surface area (Å²) in [6.07, 6.45) is 1.04. The van der Waals surface area contributed by atoms with Crippen LogP contribution < -0.4 is 0 Å². The predicted octanol–water partition coefficient (Wildman–Crippen LogP) is -0.111. The van der Waals surface area contributed by atoms with Gasteiger partial charge in [-0.15, -0.1) is 0 Å². The number of hydrogen-bond donors (Lipinski definition) is 1. The molecule has 0 fully saturated rings. The molecule has 0 bridgehead atoms. The average molecular weight is 256 g/mol. The van der Waals surface area contributed by atoms with Crippen molar-refractivity contribution in [3.05, 3.63) is 0 Å². The Morgan fingerprint density at radius 2 is 1.87 bits per heavy atom. The van der Waals surface area contributed by atoms with E-state index < -0.39 is 31.9 Å². The molecular weight excluding hydrogens is 240 g/mol. The van der Waals surface area contributed by atoms with Crippen molar-refractivity contribution in [2.24, 2.45) is 5.92 Å². The summed E-state index contributed by atoms with van der Waals surface area (Å²) in [6, 6.07) is 0. The normalized spacial score (nSPS) is 16.3. The van der Waals surface area contributed by atoms with Crippen molar-refractivity contribution in [2.75, 3.05) is 17.8 Å². The van der Waals surface area contributed by atoms with Gasteiger partial charge in [0.15, 0.2) is 0 Å². The Balaban J connectivity index is 4.48. The van der Waals surface area contributed by atoms with Gasteiger partial charge in [0.1, 0.15) is 15.1 Å². The molecule has 0 aromatic heterocycles. The summed E-state index contributed by atoms with van der Waals surface area (Å²) in [5, 5.41) is 7.81. The first-order valence-corrected chi connectivity index (χ1v) is 7.87. The van der Waals surface area contributed by atoms with E-state index in [2.05, 4.69) is 0 Å². The molecule has 1 N–H and O–H groups in total. The highest BCUT2D eigenvalue weighted by molar-refractivity contribution is 7.92. The zero-order valence-corrected chi connectivity index (χ0v) is 10.6. The molecule has 0 radical (unpaired) electrons. The maximum atomic E-state index is 11.5. The van der Waals surface area contributed by atoms with Crippen LogP contribution in [-0.4, -0.2) is 46.7 Å². The number of carboxylic acid groups (broad SMARTS) is 1. The van der Waals surface area contributed by atoms with Crippen molar-refractivity contribution < 1.29 is 22.5 Å². The second kappa shape index (κ2) is 5.60. The van der Waals surface area contributed by atoms with Crippen LogP contribution in [0.4, 0.5) is 0 Å². The average Bonchev–Trinajstić information content (AvgIpc) is 1.97. The summed E-state index contributed by atoms with van der Waals surface area (Å²) in [7, 11) is -4.83. The number of hydrogen-bond acceptors (Lipinski definition) is 4. The van der Waals surface area contributed by atoms with Crippen LogP contribution in [0.2, 0.25) is 0 Å². The summed E-state index contributed by atoms with van der Waals surface area (Å²) >= 11 is 0. The van der Waals surface area contributed by atoms with Crippen molar-refractivity contribution in [3.8, 4) is 0 Å². The molecule has 0 saturated heterocycles. The van der Waals surface area contributed by atoms with E-state index in [-0.39, 0.29) is 17.4 Å². The van der Waals surface area contributed by atoms with Crippen LogP contribution in [0.5, 0.6) is 0 Å². The first kappa shape index (κ1) is 14.6. The molecule has 0 aromatic carbocycles. The molecule has 0 aromatic rings. The van der Waals surface area contributed by atoms with Gasteiger partial charge in [-0.2, -0.15) is 0 Å². The SMILES string of the molecule is CC(C)C(C(=O)O)S(=O)CCS(C)(=O)=O. The van der Waals surface area contributed by atoms with E-state index in [9.17, 15) is 17.4 Å². The van der Waals surface area contributed by atoms with Gasteiger partial charge >= 0.3 is 5.97 Å². The van der Waals surface area contributed by atoms with E-state index in [1.807, 2.05) is 0 Å². The van der Waals surface area contributed by atoms with Gasteiger partial charge in [-0.3, -0.25) is 9.00 Å². The number of carbonyl (C=O) groups is 1. The Hall–Kier alpha value is -0.430. The van der Waals surface area contributed by atoms with Crippen LogP contribution >= 0.6 is 0 Å². The minimum atomic E-state index is -3.19. The summed E-state index contributed by atoms with van der Waals surface area (Å²) in [4.78, 5) is 10.8. The van der Waals surface area contributed by atoms with Crippen LogP contribution in [0.15, 0.2) is 0 Å². The molecule has 2 unspecified atom stereocenters. The zero-order chi connectivity index (χ0) is 12.2. The Morgan fingerprint density at radius 1 is 1.40 bits per heavy atom. The van der Waals surface area contributed by atoms with E-state index in [1.54, 1.807) is 13.8 Å². The van der Waals surface area contributed by atoms with Gasteiger partial charge in [-0.25, -0.2) is 8.42 Å². The lowest BCUT2D eigenvalue weighted by molar-refractivity contribution is -0.137. The number of rotatable bonds is 6. The molecule has 0 aliphatic carbocycles. The third-order valence-electron chi connectivity index (χ3n) is 1.79. The summed E-state index contributed by atoms with van der Waals surface area (Å²) in [5.41, 5.74) is 0. The van der Waals surface area contributed by atoms with E-state index in [0.29, 0.717) is 0 Å². The molecular formula is C8H16O5S2. The Bertz CT molecular complexity index is 344. The largest absolute Gasteiger partial charge is 0.480 e. The topological polar surface area (TPSA) is 88.5 Å². The molecule has 7 heteroatoms. The standard InChI is InChI=1S/C8H16O5S2/c1-6(2)7(8(9)10)14(11)4-5-15(3,12)13/h6-7H,4-5H2,1-3H3,(H,9,10). The lowest BCUT2D eigenvalue weighted by atomic mass is 10.1. The first-order chi connectivity index (χ1) is 6.65. The fraction of sp³-hybridized carbons (Fsp3) is 0.875. The summed E-state index contributed by atoms with van der Waals surface area (Å²) < 4.78 is 33.2. The molecule has 2 atom stereocenters. The lowest BCUT2D eigenvalue weighted by Gasteiger charge is -2.15. The van der Waals surface area contributed by atoms with E-state index in [1.165, 1.54) is 0 Å². The van der Waals surface area contributed by atoms with Gasteiger partial charge in [-0.05, 0) is 5.92 Å². The maximum Gasteiger partial charge on any atom is 0.319 e. The summed E-state index contributed by atoms with van der Waals surface area (Å²) in [6.45, 7) is 3.30. The van der Waals surface area contributed by atoms with Crippen molar-refractivity contribution in [1.29, 1.82) is 0 Å². The quantitative estimate of drug-likeness (QED) is 0.716. The monoisotopic (exact) mass is 256 g/mol. The second-order valence-electron chi connectivity index (χ2n) is 3.72. The van der Waals surface area contributed by atoms with Crippen LogP contribution in [0.1, 0.15) is 13.8 Å². The van der Waals surface area contributed by atoms with Gasteiger partial charge < -0.3 is 5.11 Å². The second-order valence-corrected chi connectivity index (χ2v) is 7.65. The molecule has 5 nitrogen and oxygen atoms in total. The Morgan fingerprint density at radius 3 is 2.13 bits per heavy atom. The third kappa shape index (κ3) is 5.88. The van der Waals surface area contributed by atoms with Crippen molar-refractivity contribution in [3.63, 3.8) is 0 Å². The summed E-state index contributed by atoms with van der Waals surface area (Å²) in [5.74, 6) is -1.77. The lowest BCUT2D eigenvalue weighted by Crippen LogP contribution is -2.33. The van der Waals surface area contributed by atoms with Gasteiger partial charge in [0.25, 0.3) is 0 Å². The molecule has 15 heavy (non-hydrogen) atoms. The molecule has 0 aliphatic heterocycles. The van der Waals surface area contributed by atoms with Crippen LogP contribution in [0, 0.1) is 5.92 Å². The highest BCUT2D eigenvalue weighted by Gasteiger charge is 2.28. The third-order valence-corrected chi connectivity index (χ3v) is 4.91. The minimum absolute atomic E-state index is 0.117. The van der Waals surface area contributed by atoms with Crippen molar-refractivity contribution >= 4 is 26.6 Å². The first-order valence-electron chi connectivity index (χ1n) is 4.43. The highest BCUT2D eigenvalue weighted by atomic mass is 32.2. The zero-order valence-electron chi connectivity index (χ0n) is 8.97. The van der Waals surface area contributed by atoms with E-state index in [4.69, 9.17) is 5.11 Å². The minimum Gasteiger partial charge on any atom is -0.480 e. The number of sulfone groups is 1. The van der Waals surface area contributed by atoms with Crippen molar-refractivity contribution in [1.82, 2.24) is 0 Å². The molecule has 0 heterocycles. The smallest absolute Gasteiger partial charge is 0.319 e. The van der Waals surface area contributed by atoms with Crippen molar-refractivity contribution in [2.45, 2.75) is 19.1 Å². The van der Waals surface area contributed by atoms with E-state index in [0.717, 1.165) is 6.26 Å². The van der Waals surface area contributed by atoms with E-state index >= 15 is 0 Å². The number of aliphatic carboxylic acids is 1. The van der Waals surface area contributed by atoms with Crippen LogP contribution in [0.25, 0.3) is 0 Å². The fourth-order valence-electron chi connectivity index (χ4n) is 1.06. The molecule has 0 aliphatic rings. The molecule has 90 valence electrons. The molecule has 0 spiro atoms. The van der Waals surface area contributed by atoms with Gasteiger partial charge in [0.05, 0.1) is 5.75 Å². The fourth-order valence-corrected chi connectivity index (χ4v) is 4.02.